The van der Waals surface area contributed by atoms with E-state index in [0.717, 1.165) is 104 Å². The van der Waals surface area contributed by atoms with Crippen molar-refractivity contribution in [3.05, 3.63) is 76.9 Å². The number of hydrogen-bond donors (Lipinski definition) is 1. The number of piperidine rings is 1. The lowest BCUT2D eigenvalue weighted by Gasteiger charge is -2.33. The van der Waals surface area contributed by atoms with Gasteiger partial charge in [0.25, 0.3) is 5.91 Å². The molecule has 1 saturated carbocycles. The van der Waals surface area contributed by atoms with Crippen LogP contribution in [0.1, 0.15) is 72.0 Å². The molecule has 5 aliphatic rings. The van der Waals surface area contributed by atoms with Crippen molar-refractivity contribution in [2.24, 2.45) is 5.92 Å². The fourth-order valence-corrected chi connectivity index (χ4v) is 7.88. The van der Waals surface area contributed by atoms with Crippen molar-refractivity contribution in [3.8, 4) is 16.9 Å². The lowest BCUT2D eigenvalue weighted by Crippen LogP contribution is -2.41. The highest BCUT2D eigenvalue weighted by molar-refractivity contribution is 6.08. The average molecular weight is 562 g/mol. The van der Waals surface area contributed by atoms with E-state index in [1.807, 2.05) is 23.1 Å². The Morgan fingerprint density at radius 1 is 1.05 bits per heavy atom. The van der Waals surface area contributed by atoms with Crippen molar-refractivity contribution in [1.29, 1.82) is 0 Å². The highest BCUT2D eigenvalue weighted by Crippen LogP contribution is 2.50. The minimum Gasteiger partial charge on any atom is -0.492 e. The number of nitrogens with zero attached hydrogens (tertiary/aromatic N) is 2. The summed E-state index contributed by atoms with van der Waals surface area (Å²) in [5.41, 5.74) is 8.77. The summed E-state index contributed by atoms with van der Waals surface area (Å²) in [5.74, 6) is 2.08. The average Bonchev–Trinajstić information content (AvgIpc) is 3.47. The van der Waals surface area contributed by atoms with E-state index in [1.165, 1.54) is 24.0 Å². The van der Waals surface area contributed by atoms with Gasteiger partial charge in [0.15, 0.2) is 0 Å². The summed E-state index contributed by atoms with van der Waals surface area (Å²) in [6.45, 7) is 5.67. The normalized spacial score (nSPS) is 22.4. The third kappa shape index (κ3) is 4.34. The first-order valence-electron chi connectivity index (χ1n) is 15.9. The molecule has 3 aromatic carbocycles. The first kappa shape index (κ1) is 26.0. The predicted molar refractivity (Wildman–Crippen MR) is 166 cm³/mol. The smallest absolute Gasteiger partial charge is 0.258 e. The third-order valence-electron chi connectivity index (χ3n) is 10.5. The van der Waals surface area contributed by atoms with Crippen molar-refractivity contribution in [2.75, 3.05) is 36.0 Å². The summed E-state index contributed by atoms with van der Waals surface area (Å²) in [7, 11) is 0. The predicted octanol–water partition coefficient (Wildman–Crippen LogP) is 6.17. The second-order valence-electron chi connectivity index (χ2n) is 13.2. The summed E-state index contributed by atoms with van der Waals surface area (Å²) in [4.78, 5) is 30.5. The second kappa shape index (κ2) is 9.98. The van der Waals surface area contributed by atoms with Crippen molar-refractivity contribution in [3.63, 3.8) is 0 Å². The number of rotatable bonds is 5. The number of ether oxygens (including phenoxy) is 1. The number of carbonyl (C=O) groups excluding carboxylic acids is 2. The molecule has 0 radical (unpaired) electrons. The molecule has 216 valence electrons. The van der Waals surface area contributed by atoms with Crippen LogP contribution in [0.5, 0.6) is 5.75 Å². The Kier molecular flexibility index (Phi) is 6.18. The lowest BCUT2D eigenvalue weighted by molar-refractivity contribution is -0.117. The van der Waals surface area contributed by atoms with Crippen LogP contribution < -0.4 is 19.9 Å². The Labute approximate surface area is 248 Å². The van der Waals surface area contributed by atoms with Gasteiger partial charge >= 0.3 is 0 Å². The summed E-state index contributed by atoms with van der Waals surface area (Å²) in [6.07, 6.45) is 8.26. The van der Waals surface area contributed by atoms with Gasteiger partial charge in [-0.05, 0) is 117 Å². The monoisotopic (exact) mass is 561 g/mol. The number of benzene rings is 3. The van der Waals surface area contributed by atoms with Gasteiger partial charge in [-0.3, -0.25) is 9.59 Å². The highest BCUT2D eigenvalue weighted by atomic mass is 16.5. The van der Waals surface area contributed by atoms with E-state index in [2.05, 4.69) is 53.5 Å². The molecule has 2 saturated heterocycles. The van der Waals surface area contributed by atoms with Crippen molar-refractivity contribution < 1.29 is 14.3 Å². The van der Waals surface area contributed by atoms with E-state index in [1.54, 1.807) is 0 Å². The number of amides is 2. The fourth-order valence-electron chi connectivity index (χ4n) is 7.88. The molecule has 8 rings (SSSR count). The van der Waals surface area contributed by atoms with E-state index in [9.17, 15) is 9.59 Å². The van der Waals surface area contributed by atoms with E-state index < -0.39 is 0 Å². The van der Waals surface area contributed by atoms with Crippen LogP contribution >= 0.6 is 0 Å². The van der Waals surface area contributed by atoms with Gasteiger partial charge < -0.3 is 19.9 Å². The van der Waals surface area contributed by atoms with E-state index >= 15 is 0 Å². The molecule has 4 heterocycles. The summed E-state index contributed by atoms with van der Waals surface area (Å²) in [6, 6.07) is 19.2. The largest absolute Gasteiger partial charge is 0.492 e. The molecule has 1 aliphatic carbocycles. The third-order valence-corrected chi connectivity index (χ3v) is 10.5. The molecular weight excluding hydrogens is 522 g/mol. The van der Waals surface area contributed by atoms with Gasteiger partial charge in [0.05, 0.1) is 6.61 Å². The zero-order valence-electron chi connectivity index (χ0n) is 24.5. The van der Waals surface area contributed by atoms with Crippen LogP contribution in [0, 0.1) is 12.8 Å². The SMILES string of the molecule is Cc1cc(N2CCCC2=O)ccc1-c1ccc(C(=O)N2c3cc4c(cc3CC2CC2CC2)OCC42CCNCC2)cc1. The molecule has 42 heavy (non-hydrogen) atoms. The zero-order valence-corrected chi connectivity index (χ0v) is 24.5. The Bertz CT molecular complexity index is 1570. The Hall–Kier alpha value is -3.64. The summed E-state index contributed by atoms with van der Waals surface area (Å²) < 4.78 is 6.28. The fraction of sp³-hybridized carbons (Fsp3) is 0.444. The molecule has 1 spiro atoms. The van der Waals surface area contributed by atoms with Gasteiger partial charge in [0.1, 0.15) is 5.75 Å². The van der Waals surface area contributed by atoms with Crippen LogP contribution in [-0.2, 0) is 16.6 Å². The quantitative estimate of drug-likeness (QED) is 0.405. The maximum atomic E-state index is 14.3. The molecule has 6 nitrogen and oxygen atoms in total. The van der Waals surface area contributed by atoms with Crippen LogP contribution in [0.3, 0.4) is 0 Å². The van der Waals surface area contributed by atoms with Gasteiger partial charge in [0.2, 0.25) is 5.91 Å². The molecule has 4 aliphatic heterocycles. The van der Waals surface area contributed by atoms with Crippen LogP contribution in [0.15, 0.2) is 54.6 Å². The highest BCUT2D eigenvalue weighted by Gasteiger charge is 2.45. The van der Waals surface area contributed by atoms with Gasteiger partial charge in [-0.1, -0.05) is 31.0 Å². The standard InChI is InChI=1S/C36H39N3O3/c1-23-17-28(38-16-2-3-34(38)40)10-11-30(23)25-6-8-26(9-7-25)35(41)39-29(18-24-4-5-24)19-27-20-33-31(21-32(27)39)36(22-42-33)12-14-37-15-13-36/h6-11,17,20-21,24,29,37H,2-5,12-16,18-19,22H2,1H3. The first-order valence-corrected chi connectivity index (χ1v) is 15.9. The minimum absolute atomic E-state index is 0.0655. The van der Waals surface area contributed by atoms with Crippen LogP contribution in [-0.4, -0.2) is 44.1 Å². The molecule has 1 unspecified atom stereocenters. The second-order valence-corrected chi connectivity index (χ2v) is 13.2. The molecular formula is C36H39N3O3. The number of fused-ring (bicyclic) bond motifs is 3. The number of hydrogen-bond acceptors (Lipinski definition) is 4. The molecule has 1 N–H and O–H groups in total. The van der Waals surface area contributed by atoms with Crippen molar-refractivity contribution in [1.82, 2.24) is 5.32 Å². The lowest BCUT2D eigenvalue weighted by atomic mass is 9.74. The molecule has 3 fully saturated rings. The number of carbonyl (C=O) groups is 2. The van der Waals surface area contributed by atoms with Crippen molar-refractivity contribution in [2.45, 2.75) is 69.7 Å². The molecule has 2 amide bonds. The molecule has 0 aromatic heterocycles. The molecule has 3 aromatic rings. The van der Waals surface area contributed by atoms with Gasteiger partial charge in [0, 0.05) is 46.9 Å². The molecule has 6 heteroatoms. The maximum absolute atomic E-state index is 14.3. The number of nitrogens with one attached hydrogen (secondary N) is 1. The number of aryl methyl sites for hydroxylation is 1. The van der Waals surface area contributed by atoms with Crippen LogP contribution in [0.4, 0.5) is 11.4 Å². The van der Waals surface area contributed by atoms with Gasteiger partial charge in [-0.2, -0.15) is 0 Å². The summed E-state index contributed by atoms with van der Waals surface area (Å²) >= 11 is 0. The van der Waals surface area contributed by atoms with Crippen LogP contribution in [0.2, 0.25) is 0 Å². The van der Waals surface area contributed by atoms with Gasteiger partial charge in [-0.25, -0.2) is 0 Å². The first-order chi connectivity index (χ1) is 20.5. The molecule has 0 bridgehead atoms. The minimum atomic E-state index is 0.0655. The van der Waals surface area contributed by atoms with E-state index in [4.69, 9.17) is 4.74 Å². The number of anilines is 2. The zero-order chi connectivity index (χ0) is 28.4. The van der Waals surface area contributed by atoms with E-state index in [-0.39, 0.29) is 23.3 Å². The van der Waals surface area contributed by atoms with Crippen LogP contribution in [0.25, 0.3) is 11.1 Å². The van der Waals surface area contributed by atoms with E-state index in [0.29, 0.717) is 6.42 Å². The van der Waals surface area contributed by atoms with Crippen molar-refractivity contribution >= 4 is 23.2 Å². The Morgan fingerprint density at radius 3 is 2.57 bits per heavy atom. The molecule has 1 atom stereocenters. The Balaban J connectivity index is 1.09. The summed E-state index contributed by atoms with van der Waals surface area (Å²) in [5, 5.41) is 3.50. The van der Waals surface area contributed by atoms with Gasteiger partial charge in [-0.15, -0.1) is 0 Å². The Morgan fingerprint density at radius 2 is 1.86 bits per heavy atom. The maximum Gasteiger partial charge on any atom is 0.258 e. The topological polar surface area (TPSA) is 61.9 Å².